The highest BCUT2D eigenvalue weighted by Crippen LogP contribution is 2.35. The van der Waals surface area contributed by atoms with Crippen LogP contribution in [0.4, 0.5) is 13.2 Å². The van der Waals surface area contributed by atoms with Crippen LogP contribution in [0.1, 0.15) is 27.3 Å². The van der Waals surface area contributed by atoms with Crippen LogP contribution in [0.15, 0.2) is 0 Å². The smallest absolute Gasteiger partial charge is 0.432 e. The molecule has 0 saturated heterocycles. The molecule has 1 aliphatic rings. The molecule has 1 aromatic rings. The zero-order chi connectivity index (χ0) is 11.9. The van der Waals surface area contributed by atoms with Crippen molar-refractivity contribution in [2.75, 3.05) is 7.11 Å². The maximum atomic E-state index is 12.6. The molecule has 0 spiro atoms. The molecule has 2 rings (SSSR count). The summed E-state index contributed by atoms with van der Waals surface area (Å²) in [6.07, 6.45) is -4.58. The second-order valence-electron chi connectivity index (χ2n) is 3.43. The summed E-state index contributed by atoms with van der Waals surface area (Å²) in [4.78, 5) is 13.6. The number of halogens is 3. The van der Waals surface area contributed by atoms with Crippen molar-refractivity contribution in [2.45, 2.75) is 19.3 Å². The molecule has 1 aromatic heterocycles. The number of hydrogen-bond donors (Lipinski definition) is 2. The number of methoxy groups -OCH3 is 1. The van der Waals surface area contributed by atoms with Gasteiger partial charge < -0.3 is 15.0 Å². The Hall–Kier alpha value is -1.50. The van der Waals surface area contributed by atoms with Crippen molar-refractivity contribution in [1.82, 2.24) is 10.3 Å². The molecule has 4 nitrogen and oxygen atoms in total. The number of alkyl halides is 3. The van der Waals surface area contributed by atoms with Gasteiger partial charge in [0.15, 0.2) is 0 Å². The molecule has 0 saturated carbocycles. The van der Waals surface area contributed by atoms with Crippen LogP contribution < -0.4 is 5.32 Å². The number of carbonyl (C=O) groups is 1. The van der Waals surface area contributed by atoms with Crippen molar-refractivity contribution in [3.63, 3.8) is 0 Å². The Kier molecular flexibility index (Phi) is 2.42. The molecule has 0 fully saturated rings. The molecule has 0 radical (unpaired) electrons. The molecule has 0 amide bonds. The third-order valence-electron chi connectivity index (χ3n) is 2.47. The van der Waals surface area contributed by atoms with Gasteiger partial charge in [-0.2, -0.15) is 13.2 Å². The minimum atomic E-state index is -4.58. The predicted octanol–water partition coefficient (Wildman–Crippen LogP) is 1.42. The second kappa shape index (κ2) is 3.51. The minimum Gasteiger partial charge on any atom is -0.465 e. The summed E-state index contributed by atoms with van der Waals surface area (Å²) in [5, 5.41) is 2.86. The van der Waals surface area contributed by atoms with Crippen LogP contribution in [-0.2, 0) is 24.0 Å². The molecule has 0 bridgehead atoms. The number of fused-ring (bicyclic) bond motifs is 1. The summed E-state index contributed by atoms with van der Waals surface area (Å²) in [5.41, 5.74) is -0.687. The Morgan fingerprint density at radius 2 is 2.06 bits per heavy atom. The monoisotopic (exact) mass is 234 g/mol. The molecule has 7 heteroatoms. The van der Waals surface area contributed by atoms with Crippen molar-refractivity contribution in [2.24, 2.45) is 0 Å². The summed E-state index contributed by atoms with van der Waals surface area (Å²) in [6.45, 7) is 0.543. The van der Waals surface area contributed by atoms with Crippen molar-refractivity contribution >= 4 is 5.97 Å². The van der Waals surface area contributed by atoms with Gasteiger partial charge in [-0.25, -0.2) is 4.79 Å². The van der Waals surface area contributed by atoms with Crippen molar-refractivity contribution in [3.8, 4) is 0 Å². The first-order chi connectivity index (χ1) is 7.45. The average molecular weight is 234 g/mol. The SMILES string of the molecule is COC(=O)c1c(C(F)(F)F)[nH]c2c1CNC2. The first kappa shape index (κ1) is 11.0. The maximum absolute atomic E-state index is 12.6. The highest BCUT2D eigenvalue weighted by Gasteiger charge is 2.41. The van der Waals surface area contributed by atoms with Crippen LogP contribution in [0, 0.1) is 0 Å². The van der Waals surface area contributed by atoms with Gasteiger partial charge in [0.1, 0.15) is 5.69 Å². The topological polar surface area (TPSA) is 54.1 Å². The Morgan fingerprint density at radius 1 is 1.38 bits per heavy atom. The van der Waals surface area contributed by atoms with E-state index in [0.29, 0.717) is 17.8 Å². The van der Waals surface area contributed by atoms with Crippen molar-refractivity contribution in [3.05, 3.63) is 22.5 Å². The molecular weight excluding hydrogens is 225 g/mol. The molecule has 0 aromatic carbocycles. The summed E-state index contributed by atoms with van der Waals surface area (Å²) in [6, 6.07) is 0. The van der Waals surface area contributed by atoms with Crippen molar-refractivity contribution < 1.29 is 22.7 Å². The zero-order valence-corrected chi connectivity index (χ0v) is 8.36. The van der Waals surface area contributed by atoms with Gasteiger partial charge in [0.2, 0.25) is 0 Å². The van der Waals surface area contributed by atoms with Crippen LogP contribution in [0.3, 0.4) is 0 Å². The number of esters is 1. The number of ether oxygens (including phenoxy) is 1. The number of hydrogen-bond acceptors (Lipinski definition) is 3. The quantitative estimate of drug-likeness (QED) is 0.722. The largest absolute Gasteiger partial charge is 0.465 e. The molecule has 0 atom stereocenters. The lowest BCUT2D eigenvalue weighted by Crippen LogP contribution is -2.16. The fourth-order valence-electron chi connectivity index (χ4n) is 1.79. The molecule has 2 heterocycles. The van der Waals surface area contributed by atoms with Gasteiger partial charge in [0, 0.05) is 24.3 Å². The molecule has 0 aliphatic carbocycles. The fourth-order valence-corrected chi connectivity index (χ4v) is 1.79. The average Bonchev–Trinajstić information content (AvgIpc) is 2.73. The van der Waals surface area contributed by atoms with E-state index in [1.807, 2.05) is 0 Å². The van der Waals surface area contributed by atoms with Gasteiger partial charge in [-0.15, -0.1) is 0 Å². The Bertz CT molecular complexity index is 437. The number of rotatable bonds is 1. The van der Waals surface area contributed by atoms with E-state index in [1.165, 1.54) is 0 Å². The zero-order valence-electron chi connectivity index (χ0n) is 8.36. The van der Waals surface area contributed by atoms with Gasteiger partial charge in [0.05, 0.1) is 12.7 Å². The third-order valence-corrected chi connectivity index (χ3v) is 2.47. The minimum absolute atomic E-state index is 0.242. The normalized spacial score (nSPS) is 15.0. The van der Waals surface area contributed by atoms with E-state index in [-0.39, 0.29) is 6.54 Å². The number of aromatic amines is 1. The summed E-state index contributed by atoms with van der Waals surface area (Å²) < 4.78 is 42.3. The fraction of sp³-hybridized carbons (Fsp3) is 0.444. The van der Waals surface area contributed by atoms with Crippen LogP contribution in [0.25, 0.3) is 0 Å². The lowest BCUT2D eigenvalue weighted by Gasteiger charge is -2.08. The first-order valence-electron chi connectivity index (χ1n) is 4.55. The van der Waals surface area contributed by atoms with Crippen molar-refractivity contribution in [1.29, 1.82) is 0 Å². The standard InChI is InChI=1S/C9H9F3N2O2/c1-16-8(15)6-4-2-13-3-5(4)14-7(6)9(10,11)12/h13-14H,2-3H2,1H3. The van der Waals surface area contributed by atoms with E-state index in [0.717, 1.165) is 7.11 Å². The van der Waals surface area contributed by atoms with Crippen LogP contribution in [0.2, 0.25) is 0 Å². The van der Waals surface area contributed by atoms with E-state index >= 15 is 0 Å². The molecule has 2 N–H and O–H groups in total. The number of carbonyl (C=O) groups excluding carboxylic acids is 1. The Morgan fingerprint density at radius 3 is 2.62 bits per heavy atom. The van der Waals surface area contributed by atoms with Gasteiger partial charge in [0.25, 0.3) is 0 Å². The lowest BCUT2D eigenvalue weighted by atomic mass is 10.1. The molecular formula is C9H9F3N2O2. The van der Waals surface area contributed by atoms with Crippen LogP contribution in [-0.4, -0.2) is 18.1 Å². The van der Waals surface area contributed by atoms with Gasteiger partial charge in [-0.3, -0.25) is 0 Å². The molecule has 0 unspecified atom stereocenters. The maximum Gasteiger partial charge on any atom is 0.432 e. The lowest BCUT2D eigenvalue weighted by molar-refractivity contribution is -0.141. The second-order valence-corrected chi connectivity index (χ2v) is 3.43. The van der Waals surface area contributed by atoms with E-state index in [4.69, 9.17) is 0 Å². The first-order valence-corrected chi connectivity index (χ1v) is 4.55. The highest BCUT2D eigenvalue weighted by atomic mass is 19.4. The number of H-pyrrole nitrogens is 1. The summed E-state index contributed by atoms with van der Waals surface area (Å²) in [5.74, 6) is -0.964. The van der Waals surface area contributed by atoms with Crippen LogP contribution >= 0.6 is 0 Å². The van der Waals surface area contributed by atoms with Gasteiger partial charge in [-0.1, -0.05) is 0 Å². The highest BCUT2D eigenvalue weighted by molar-refractivity contribution is 5.93. The van der Waals surface area contributed by atoms with Gasteiger partial charge in [-0.05, 0) is 0 Å². The Balaban J connectivity index is 2.58. The molecule has 88 valence electrons. The summed E-state index contributed by atoms with van der Waals surface area (Å²) in [7, 11) is 1.06. The molecule has 16 heavy (non-hydrogen) atoms. The Labute approximate surface area is 88.8 Å². The number of nitrogens with one attached hydrogen (secondary N) is 2. The van der Waals surface area contributed by atoms with Gasteiger partial charge >= 0.3 is 12.1 Å². The molecule has 1 aliphatic heterocycles. The van der Waals surface area contributed by atoms with Crippen LogP contribution in [0.5, 0.6) is 0 Å². The van der Waals surface area contributed by atoms with E-state index in [9.17, 15) is 18.0 Å². The van der Waals surface area contributed by atoms with E-state index in [2.05, 4.69) is 15.0 Å². The van der Waals surface area contributed by atoms with E-state index in [1.54, 1.807) is 0 Å². The van der Waals surface area contributed by atoms with E-state index < -0.39 is 23.4 Å². The third kappa shape index (κ3) is 1.57. The number of aromatic nitrogens is 1. The predicted molar refractivity (Wildman–Crippen MR) is 47.7 cm³/mol. The summed E-state index contributed by atoms with van der Waals surface area (Å²) >= 11 is 0.